The summed E-state index contributed by atoms with van der Waals surface area (Å²) in [5.41, 5.74) is 7.74. The lowest BCUT2D eigenvalue weighted by Gasteiger charge is -2.12. The highest BCUT2D eigenvalue weighted by Gasteiger charge is 2.11. The van der Waals surface area contributed by atoms with Crippen molar-refractivity contribution in [2.24, 2.45) is 0 Å². The van der Waals surface area contributed by atoms with Crippen molar-refractivity contribution >= 4 is 43.9 Å². The van der Waals surface area contributed by atoms with Gasteiger partial charge in [-0.15, -0.1) is 0 Å². The fourth-order valence-corrected chi connectivity index (χ4v) is 2.36. The fourth-order valence-electron chi connectivity index (χ4n) is 2.05. The Hall–Kier alpha value is -2.21. The van der Waals surface area contributed by atoms with Gasteiger partial charge in [0.05, 0.1) is 27.1 Å². The molecule has 0 atom stereocenters. The van der Waals surface area contributed by atoms with E-state index < -0.39 is 11.6 Å². The summed E-state index contributed by atoms with van der Waals surface area (Å²) >= 11 is 2.94. The molecule has 3 aromatic rings. The van der Waals surface area contributed by atoms with Crippen LogP contribution in [-0.4, -0.2) is 4.98 Å². The maximum atomic E-state index is 13.8. The minimum atomic E-state index is -0.575. The Balaban J connectivity index is 2.06. The van der Waals surface area contributed by atoms with Crippen LogP contribution in [0.4, 0.5) is 25.8 Å². The lowest BCUT2D eigenvalue weighted by atomic mass is 10.1. The predicted octanol–water partition coefficient (Wildman–Crippen LogP) is 4.60. The van der Waals surface area contributed by atoms with Gasteiger partial charge >= 0.3 is 0 Å². The third-order valence-electron chi connectivity index (χ3n) is 3.11. The van der Waals surface area contributed by atoms with Crippen LogP contribution in [0.2, 0.25) is 0 Å². The van der Waals surface area contributed by atoms with Crippen LogP contribution in [0.5, 0.6) is 0 Å². The van der Waals surface area contributed by atoms with Crippen LogP contribution >= 0.6 is 15.9 Å². The first kappa shape index (κ1) is 13.8. The quantitative estimate of drug-likeness (QED) is 0.525. The van der Waals surface area contributed by atoms with Crippen molar-refractivity contribution in [2.75, 3.05) is 11.1 Å². The molecule has 106 valence electrons. The molecule has 0 saturated heterocycles. The Bertz CT molecular complexity index is 837. The van der Waals surface area contributed by atoms with E-state index in [1.165, 1.54) is 0 Å². The number of rotatable bonds is 2. The number of benzene rings is 2. The van der Waals surface area contributed by atoms with Gasteiger partial charge in [-0.25, -0.2) is 8.78 Å². The Morgan fingerprint density at radius 3 is 2.67 bits per heavy atom. The lowest BCUT2D eigenvalue weighted by Crippen LogP contribution is -2.00. The maximum Gasteiger partial charge on any atom is 0.147 e. The monoisotopic (exact) mass is 349 g/mol. The fraction of sp³-hybridized carbons (Fsp3) is 0. The molecule has 3 rings (SSSR count). The highest BCUT2D eigenvalue weighted by molar-refractivity contribution is 9.10. The van der Waals surface area contributed by atoms with Gasteiger partial charge in [0.25, 0.3) is 0 Å². The van der Waals surface area contributed by atoms with E-state index in [1.54, 1.807) is 24.4 Å². The molecule has 0 aliphatic heterocycles. The zero-order valence-corrected chi connectivity index (χ0v) is 12.3. The highest BCUT2D eigenvalue weighted by atomic mass is 79.9. The van der Waals surface area contributed by atoms with Gasteiger partial charge in [-0.1, -0.05) is 0 Å². The summed E-state index contributed by atoms with van der Waals surface area (Å²) in [5.74, 6) is -1.13. The number of fused-ring (bicyclic) bond motifs is 1. The Labute approximate surface area is 127 Å². The minimum absolute atomic E-state index is 0.0191. The van der Waals surface area contributed by atoms with E-state index in [-0.39, 0.29) is 10.2 Å². The molecule has 3 nitrogen and oxygen atoms in total. The SMILES string of the molecule is Nc1c(Nc2cc(F)c(Br)cc2F)ccc2ncccc12. The van der Waals surface area contributed by atoms with Crippen LogP contribution in [0.1, 0.15) is 0 Å². The van der Waals surface area contributed by atoms with Gasteiger partial charge in [0.15, 0.2) is 0 Å². The second kappa shape index (κ2) is 5.29. The minimum Gasteiger partial charge on any atom is -0.396 e. The summed E-state index contributed by atoms with van der Waals surface area (Å²) in [6.45, 7) is 0. The zero-order valence-electron chi connectivity index (χ0n) is 10.7. The van der Waals surface area contributed by atoms with Crippen molar-refractivity contribution in [2.45, 2.75) is 0 Å². The van der Waals surface area contributed by atoms with Gasteiger partial charge in [0, 0.05) is 17.6 Å². The average molecular weight is 350 g/mol. The van der Waals surface area contributed by atoms with Crippen LogP contribution in [0.3, 0.4) is 0 Å². The molecule has 1 aromatic heterocycles. The normalized spacial score (nSPS) is 10.8. The summed E-state index contributed by atoms with van der Waals surface area (Å²) in [6, 6.07) is 9.18. The highest BCUT2D eigenvalue weighted by Crippen LogP contribution is 2.32. The van der Waals surface area contributed by atoms with E-state index in [0.717, 1.165) is 23.0 Å². The first-order chi connectivity index (χ1) is 10.1. The topological polar surface area (TPSA) is 50.9 Å². The number of anilines is 3. The van der Waals surface area contributed by atoms with Crippen LogP contribution in [0, 0.1) is 11.6 Å². The van der Waals surface area contributed by atoms with Crippen LogP contribution in [0.25, 0.3) is 10.9 Å². The molecule has 3 N–H and O–H groups in total. The Morgan fingerprint density at radius 2 is 1.86 bits per heavy atom. The predicted molar refractivity (Wildman–Crippen MR) is 83.5 cm³/mol. The maximum absolute atomic E-state index is 13.8. The van der Waals surface area contributed by atoms with E-state index in [4.69, 9.17) is 5.73 Å². The van der Waals surface area contributed by atoms with Gasteiger partial charge in [-0.3, -0.25) is 4.98 Å². The average Bonchev–Trinajstić information content (AvgIpc) is 2.48. The summed E-state index contributed by atoms with van der Waals surface area (Å²) in [5, 5.41) is 3.56. The molecule has 0 spiro atoms. The number of nitrogen functional groups attached to an aromatic ring is 1. The van der Waals surface area contributed by atoms with Crippen molar-refractivity contribution in [3.8, 4) is 0 Å². The van der Waals surface area contributed by atoms with Crippen LogP contribution < -0.4 is 11.1 Å². The number of hydrogen-bond donors (Lipinski definition) is 2. The molecule has 0 saturated carbocycles. The number of aromatic nitrogens is 1. The molecule has 0 fully saturated rings. The summed E-state index contributed by atoms with van der Waals surface area (Å²) in [4.78, 5) is 4.19. The molecule has 0 unspecified atom stereocenters. The van der Waals surface area contributed by atoms with Crippen LogP contribution in [0.15, 0.2) is 47.1 Å². The van der Waals surface area contributed by atoms with Crippen LogP contribution in [-0.2, 0) is 0 Å². The number of nitrogens with two attached hydrogens (primary N) is 1. The Morgan fingerprint density at radius 1 is 1.05 bits per heavy atom. The van der Waals surface area contributed by atoms with Gasteiger partial charge in [0.2, 0.25) is 0 Å². The summed E-state index contributed by atoms with van der Waals surface area (Å²) < 4.78 is 27.4. The largest absolute Gasteiger partial charge is 0.396 e. The second-order valence-corrected chi connectivity index (χ2v) is 5.32. The Kier molecular flexibility index (Phi) is 3.47. The standard InChI is InChI=1S/C15H10BrF2N3/c16-9-6-11(18)14(7-10(9)17)21-13-4-3-12-8(15(13)19)2-1-5-20-12/h1-7,21H,19H2. The van der Waals surface area contributed by atoms with Gasteiger partial charge in [0.1, 0.15) is 11.6 Å². The number of pyridine rings is 1. The number of hydrogen-bond acceptors (Lipinski definition) is 3. The van der Waals surface area contributed by atoms with E-state index >= 15 is 0 Å². The van der Waals surface area contributed by atoms with Crippen molar-refractivity contribution < 1.29 is 8.78 Å². The first-order valence-electron chi connectivity index (χ1n) is 6.11. The van der Waals surface area contributed by atoms with Crippen molar-refractivity contribution in [3.63, 3.8) is 0 Å². The molecular weight excluding hydrogens is 340 g/mol. The smallest absolute Gasteiger partial charge is 0.147 e. The molecule has 0 aliphatic rings. The van der Waals surface area contributed by atoms with Crippen molar-refractivity contribution in [1.29, 1.82) is 0 Å². The third kappa shape index (κ3) is 2.54. The molecule has 6 heteroatoms. The molecule has 0 radical (unpaired) electrons. The lowest BCUT2D eigenvalue weighted by molar-refractivity contribution is 0.598. The zero-order chi connectivity index (χ0) is 15.0. The molecular formula is C15H10BrF2N3. The summed E-state index contributed by atoms with van der Waals surface area (Å²) in [6.07, 6.45) is 1.67. The van der Waals surface area contributed by atoms with Gasteiger partial charge < -0.3 is 11.1 Å². The van der Waals surface area contributed by atoms with Crippen molar-refractivity contribution in [3.05, 3.63) is 58.7 Å². The molecule has 21 heavy (non-hydrogen) atoms. The summed E-state index contributed by atoms with van der Waals surface area (Å²) in [7, 11) is 0. The first-order valence-corrected chi connectivity index (χ1v) is 6.90. The van der Waals surface area contributed by atoms with E-state index in [1.807, 2.05) is 6.07 Å². The molecule has 0 amide bonds. The van der Waals surface area contributed by atoms with E-state index in [9.17, 15) is 8.78 Å². The molecule has 1 heterocycles. The van der Waals surface area contributed by atoms with Crippen molar-refractivity contribution in [1.82, 2.24) is 4.98 Å². The number of halogens is 3. The number of nitrogens with one attached hydrogen (secondary N) is 1. The van der Waals surface area contributed by atoms with Gasteiger partial charge in [-0.05, 0) is 46.3 Å². The van der Waals surface area contributed by atoms with Gasteiger partial charge in [-0.2, -0.15) is 0 Å². The van der Waals surface area contributed by atoms with E-state index in [2.05, 4.69) is 26.2 Å². The molecule has 0 bridgehead atoms. The second-order valence-electron chi connectivity index (χ2n) is 4.47. The molecule has 0 aliphatic carbocycles. The number of nitrogens with zero attached hydrogens (tertiary/aromatic N) is 1. The van der Waals surface area contributed by atoms with E-state index in [0.29, 0.717) is 11.4 Å². The molecule has 2 aromatic carbocycles. The third-order valence-corrected chi connectivity index (χ3v) is 3.71.